The molecule has 11 unspecified atom stereocenters. The second-order valence-electron chi connectivity index (χ2n) is 6.92. The third kappa shape index (κ3) is 2.76. The van der Waals surface area contributed by atoms with Gasteiger partial charge in [0.15, 0.2) is 6.29 Å². The molecule has 0 aromatic carbocycles. The van der Waals surface area contributed by atoms with Gasteiger partial charge in [-0.25, -0.2) is 0 Å². The van der Waals surface area contributed by atoms with Crippen molar-refractivity contribution in [2.75, 3.05) is 6.61 Å². The molecule has 3 aliphatic rings. The van der Waals surface area contributed by atoms with E-state index in [2.05, 4.69) is 0 Å². The van der Waals surface area contributed by atoms with E-state index in [-0.39, 0.29) is 5.57 Å². The molecular weight excluding hydrogens is 356 g/mol. The van der Waals surface area contributed by atoms with Gasteiger partial charge in [-0.05, 0) is 12.5 Å². The Hall–Kier alpha value is -0.860. The monoisotopic (exact) mass is 380 g/mol. The number of aliphatic hydroxyl groups excluding tert-OH is 7. The molecule has 8 N–H and O–H groups in total. The third-order valence-corrected chi connectivity index (χ3v) is 5.42. The lowest BCUT2D eigenvalue weighted by molar-refractivity contribution is -0.349. The Kier molecular flexibility index (Phi) is 5.31. The summed E-state index contributed by atoms with van der Waals surface area (Å²) in [5.41, 5.74) is -1.89. The largest absolute Gasteiger partial charge is 0.472 e. The van der Waals surface area contributed by atoms with Crippen LogP contribution in [-0.2, 0) is 14.2 Å². The van der Waals surface area contributed by atoms with Crippen molar-refractivity contribution < 1.29 is 55.1 Å². The second-order valence-corrected chi connectivity index (χ2v) is 6.92. The minimum Gasteiger partial charge on any atom is -0.472 e. The lowest BCUT2D eigenvalue weighted by Gasteiger charge is -2.45. The highest BCUT2D eigenvalue weighted by Crippen LogP contribution is 2.47. The van der Waals surface area contributed by atoms with E-state index in [1.54, 1.807) is 0 Å². The summed E-state index contributed by atoms with van der Waals surface area (Å²) in [6.07, 6.45) is -13.2. The fourth-order valence-electron chi connectivity index (χ4n) is 3.76. The maximum absolute atomic E-state index is 10.8. The number of fused-ring (bicyclic) bond motifs is 1. The molecule has 0 radical (unpaired) electrons. The molecule has 0 amide bonds. The number of ether oxygens (including phenoxy) is 3. The van der Waals surface area contributed by atoms with Gasteiger partial charge in [0.1, 0.15) is 42.2 Å². The van der Waals surface area contributed by atoms with E-state index < -0.39 is 73.4 Å². The number of hydrogen-bond acceptors (Lipinski definition) is 11. The van der Waals surface area contributed by atoms with E-state index >= 15 is 0 Å². The van der Waals surface area contributed by atoms with Crippen molar-refractivity contribution in [1.29, 1.82) is 0 Å². The molecule has 11 atom stereocenters. The van der Waals surface area contributed by atoms with Gasteiger partial charge >= 0.3 is 0 Å². The van der Waals surface area contributed by atoms with E-state index in [1.807, 2.05) is 0 Å². The summed E-state index contributed by atoms with van der Waals surface area (Å²) in [5.74, 6) is -1.33. The summed E-state index contributed by atoms with van der Waals surface area (Å²) in [5, 5.41) is 79.9. The molecule has 0 aromatic rings. The van der Waals surface area contributed by atoms with E-state index in [9.17, 15) is 40.9 Å². The molecule has 2 aliphatic heterocycles. The van der Waals surface area contributed by atoms with Gasteiger partial charge in [0, 0.05) is 0 Å². The van der Waals surface area contributed by atoms with Gasteiger partial charge in [0.2, 0.25) is 6.29 Å². The summed E-state index contributed by atoms with van der Waals surface area (Å²) in [4.78, 5) is 0. The summed E-state index contributed by atoms with van der Waals surface area (Å²) in [6, 6.07) is 0. The first-order valence-corrected chi connectivity index (χ1v) is 8.19. The van der Waals surface area contributed by atoms with Gasteiger partial charge < -0.3 is 55.1 Å². The molecule has 3 rings (SSSR count). The molecule has 11 heteroatoms. The highest BCUT2D eigenvalue weighted by atomic mass is 16.8. The van der Waals surface area contributed by atoms with Crippen molar-refractivity contribution in [2.24, 2.45) is 5.92 Å². The van der Waals surface area contributed by atoms with Crippen LogP contribution in [0.2, 0.25) is 0 Å². The molecule has 2 heterocycles. The number of aliphatic hydroxyl groups is 8. The molecule has 0 spiro atoms. The van der Waals surface area contributed by atoms with Crippen LogP contribution >= 0.6 is 0 Å². The van der Waals surface area contributed by atoms with E-state index in [4.69, 9.17) is 14.2 Å². The van der Waals surface area contributed by atoms with Crippen LogP contribution in [-0.4, -0.2) is 108 Å². The molecule has 1 saturated carbocycles. The van der Waals surface area contributed by atoms with Gasteiger partial charge in [-0.15, -0.1) is 0 Å². The Morgan fingerprint density at radius 1 is 0.962 bits per heavy atom. The summed E-state index contributed by atoms with van der Waals surface area (Å²) in [6.45, 7) is 0.772. The first kappa shape index (κ1) is 19.9. The SMILES string of the molecule is CC1=COC(OC2OC(CO)C(O)C(O)C2O)C2C(O)C(O)C(O)C12O. The molecule has 2 fully saturated rings. The summed E-state index contributed by atoms with van der Waals surface area (Å²) in [7, 11) is 0. The molecule has 11 nitrogen and oxygen atoms in total. The molecular formula is C15H24O11. The Bertz CT molecular complexity index is 554. The Morgan fingerprint density at radius 3 is 2.23 bits per heavy atom. The predicted molar refractivity (Wildman–Crippen MR) is 79.9 cm³/mol. The third-order valence-electron chi connectivity index (χ3n) is 5.42. The zero-order valence-electron chi connectivity index (χ0n) is 13.9. The van der Waals surface area contributed by atoms with Crippen molar-refractivity contribution in [1.82, 2.24) is 0 Å². The van der Waals surface area contributed by atoms with Gasteiger partial charge in [0.25, 0.3) is 0 Å². The predicted octanol–water partition coefficient (Wildman–Crippen LogP) is -4.49. The average molecular weight is 380 g/mol. The molecule has 1 aliphatic carbocycles. The van der Waals surface area contributed by atoms with Crippen molar-refractivity contribution >= 4 is 0 Å². The Morgan fingerprint density at radius 2 is 1.62 bits per heavy atom. The van der Waals surface area contributed by atoms with Crippen LogP contribution < -0.4 is 0 Å². The molecule has 1 saturated heterocycles. The van der Waals surface area contributed by atoms with Crippen molar-refractivity contribution in [3.05, 3.63) is 11.8 Å². The van der Waals surface area contributed by atoms with Gasteiger partial charge in [-0.3, -0.25) is 0 Å². The smallest absolute Gasteiger partial charge is 0.210 e. The van der Waals surface area contributed by atoms with E-state index in [0.717, 1.165) is 6.26 Å². The normalized spacial score (nSPS) is 54.4. The maximum Gasteiger partial charge on any atom is 0.210 e. The van der Waals surface area contributed by atoms with E-state index in [0.29, 0.717) is 0 Å². The zero-order valence-corrected chi connectivity index (χ0v) is 13.9. The minimum atomic E-state index is -2.05. The van der Waals surface area contributed by atoms with Crippen molar-refractivity contribution in [2.45, 2.75) is 67.8 Å². The Balaban J connectivity index is 1.84. The van der Waals surface area contributed by atoms with Crippen LogP contribution in [0, 0.1) is 5.92 Å². The van der Waals surface area contributed by atoms with Gasteiger partial charge in [0.05, 0.1) is 24.9 Å². The average Bonchev–Trinajstić information content (AvgIpc) is 2.80. The fraction of sp³-hybridized carbons (Fsp3) is 0.867. The lowest BCUT2D eigenvalue weighted by atomic mass is 9.81. The minimum absolute atomic E-state index is 0.152. The fourth-order valence-corrected chi connectivity index (χ4v) is 3.76. The van der Waals surface area contributed by atoms with Crippen molar-refractivity contribution in [3.8, 4) is 0 Å². The lowest BCUT2D eigenvalue weighted by Crippen LogP contribution is -2.61. The highest BCUT2D eigenvalue weighted by Gasteiger charge is 2.65. The first-order valence-electron chi connectivity index (χ1n) is 8.19. The molecule has 0 bridgehead atoms. The zero-order chi connectivity index (χ0) is 19.4. The van der Waals surface area contributed by atoms with Crippen LogP contribution in [0.4, 0.5) is 0 Å². The summed E-state index contributed by atoms with van der Waals surface area (Å²) >= 11 is 0. The second kappa shape index (κ2) is 6.95. The molecule has 26 heavy (non-hydrogen) atoms. The first-order chi connectivity index (χ1) is 12.1. The highest BCUT2D eigenvalue weighted by molar-refractivity contribution is 5.27. The maximum atomic E-state index is 10.8. The van der Waals surface area contributed by atoms with Crippen LogP contribution in [0.25, 0.3) is 0 Å². The van der Waals surface area contributed by atoms with Crippen LogP contribution in [0.3, 0.4) is 0 Å². The van der Waals surface area contributed by atoms with Crippen LogP contribution in [0.15, 0.2) is 11.8 Å². The topological polar surface area (TPSA) is 190 Å². The quantitative estimate of drug-likeness (QED) is 0.235. The van der Waals surface area contributed by atoms with Crippen LogP contribution in [0.5, 0.6) is 0 Å². The molecule has 0 aromatic heterocycles. The standard InChI is InChI=1S/C15H24O11/c1-4-3-24-13(6-8(18)10(20)12(22)15(4,6)23)26-14-11(21)9(19)7(17)5(2-16)25-14/h3,5-14,16-23H,2H2,1H3. The number of hydrogen-bond donors (Lipinski definition) is 8. The van der Waals surface area contributed by atoms with Crippen molar-refractivity contribution in [3.63, 3.8) is 0 Å². The van der Waals surface area contributed by atoms with Gasteiger partial charge in [-0.1, -0.05) is 0 Å². The molecule has 150 valence electrons. The number of rotatable bonds is 3. The van der Waals surface area contributed by atoms with Crippen LogP contribution in [0.1, 0.15) is 6.92 Å². The summed E-state index contributed by atoms with van der Waals surface area (Å²) < 4.78 is 15.9. The van der Waals surface area contributed by atoms with E-state index in [1.165, 1.54) is 6.92 Å². The van der Waals surface area contributed by atoms with Gasteiger partial charge in [-0.2, -0.15) is 0 Å². The Labute approximate surface area is 148 Å².